The van der Waals surface area contributed by atoms with Gasteiger partial charge in [0.05, 0.1) is 13.2 Å². The van der Waals surface area contributed by atoms with Crippen LogP contribution in [0.4, 0.5) is 0 Å². The van der Waals surface area contributed by atoms with Gasteiger partial charge in [-0.25, -0.2) is 4.57 Å². The summed E-state index contributed by atoms with van der Waals surface area (Å²) in [5.74, 6) is -0.477. The number of hydrogen-bond acceptors (Lipinski definition) is 11. The molecule has 0 spiro atoms. The van der Waals surface area contributed by atoms with Crippen LogP contribution < -0.4 is 0 Å². The van der Waals surface area contributed by atoms with Crippen LogP contribution in [0.3, 0.4) is 0 Å². The summed E-state index contributed by atoms with van der Waals surface area (Å²) in [5, 5.41) is 50.1. The van der Waals surface area contributed by atoms with E-state index in [0.717, 1.165) is 38.5 Å². The molecule has 1 saturated carbocycles. The molecule has 0 saturated heterocycles. The van der Waals surface area contributed by atoms with E-state index in [2.05, 4.69) is 26.0 Å². The number of allylic oxidation sites excluding steroid dienone is 2. The third-order valence-electron chi connectivity index (χ3n) is 11.6. The summed E-state index contributed by atoms with van der Waals surface area (Å²) < 4.78 is 34.1. The summed E-state index contributed by atoms with van der Waals surface area (Å²) in [4.78, 5) is 23.1. The fourth-order valence-electron chi connectivity index (χ4n) is 7.70. The average Bonchev–Trinajstić information content (AvgIpc) is 3.23. The van der Waals surface area contributed by atoms with Crippen LogP contribution in [0.15, 0.2) is 12.2 Å². The number of aliphatic hydroxyl groups excluding tert-OH is 5. The van der Waals surface area contributed by atoms with Crippen LogP contribution in [-0.4, -0.2) is 98.9 Å². The lowest BCUT2D eigenvalue weighted by Gasteiger charge is -2.41. The highest BCUT2D eigenvalue weighted by Crippen LogP contribution is 2.47. The van der Waals surface area contributed by atoms with Crippen LogP contribution in [0.25, 0.3) is 0 Å². The number of carbonyl (C=O) groups excluding carboxylic acids is 1. The number of esters is 1. The van der Waals surface area contributed by atoms with Gasteiger partial charge in [0.25, 0.3) is 0 Å². The normalized spacial score (nSPS) is 22.3. The fraction of sp³-hybridized carbons (Fsp3) is 0.936. The van der Waals surface area contributed by atoms with Crippen LogP contribution >= 0.6 is 7.82 Å². The van der Waals surface area contributed by atoms with E-state index in [4.69, 9.17) is 18.5 Å². The van der Waals surface area contributed by atoms with Crippen LogP contribution in [0, 0.1) is 0 Å². The Morgan fingerprint density at radius 3 is 1.32 bits per heavy atom. The maximum atomic E-state index is 12.8. The standard InChI is InChI=1S/C47H91O12P/c1-3-5-7-9-11-13-14-15-16-17-18-19-20-21-22-23-24-25-26-27-29-31-33-35-37-56-38-40(58-41(48)36-34-32-30-28-12-10-8-6-4-2)39-57-60(54,55)59-47-45(52)43(50)42(49)44(51)46(47)53/h17-18,40,42-47,49-53H,3-16,19-39H2,1-2H3,(H,54,55)/b18-17-. The molecule has 0 radical (unpaired) electrons. The van der Waals surface area contributed by atoms with Gasteiger partial charge in [-0.15, -0.1) is 0 Å². The second-order valence-corrected chi connectivity index (χ2v) is 18.7. The summed E-state index contributed by atoms with van der Waals surface area (Å²) in [6, 6.07) is 0. The van der Waals surface area contributed by atoms with Crippen molar-refractivity contribution >= 4 is 13.8 Å². The van der Waals surface area contributed by atoms with Gasteiger partial charge < -0.3 is 39.9 Å². The zero-order valence-corrected chi connectivity index (χ0v) is 38.9. The molecular formula is C47H91O12P. The Morgan fingerprint density at radius 1 is 0.517 bits per heavy atom. The van der Waals surface area contributed by atoms with Gasteiger partial charge in [-0.3, -0.25) is 13.8 Å². The van der Waals surface area contributed by atoms with E-state index in [1.807, 2.05) is 0 Å². The molecule has 0 bridgehead atoms. The van der Waals surface area contributed by atoms with E-state index < -0.39 is 63.1 Å². The van der Waals surface area contributed by atoms with Crippen LogP contribution in [0.5, 0.6) is 0 Å². The Hall–Kier alpha value is -0.920. The molecule has 0 aromatic carbocycles. The zero-order chi connectivity index (χ0) is 44.1. The molecule has 13 heteroatoms. The largest absolute Gasteiger partial charge is 0.472 e. The number of aliphatic hydroxyl groups is 5. The number of unbranched alkanes of at least 4 members (excludes halogenated alkanes) is 28. The van der Waals surface area contributed by atoms with Crippen molar-refractivity contribution < 1.29 is 58.3 Å². The first kappa shape index (κ1) is 57.1. The van der Waals surface area contributed by atoms with Crippen LogP contribution in [0.1, 0.15) is 219 Å². The lowest BCUT2D eigenvalue weighted by molar-refractivity contribution is -0.220. The van der Waals surface area contributed by atoms with Crippen molar-refractivity contribution in [2.75, 3.05) is 19.8 Å². The van der Waals surface area contributed by atoms with Crippen molar-refractivity contribution in [2.45, 2.75) is 262 Å². The predicted molar refractivity (Wildman–Crippen MR) is 240 cm³/mol. The quantitative estimate of drug-likeness (QED) is 0.0147. The number of rotatable bonds is 42. The Labute approximate surface area is 365 Å². The number of phosphoric ester groups is 1. The van der Waals surface area contributed by atoms with E-state index in [1.54, 1.807) is 0 Å². The van der Waals surface area contributed by atoms with Gasteiger partial charge in [0.15, 0.2) is 0 Å². The van der Waals surface area contributed by atoms with Crippen molar-refractivity contribution in [3.63, 3.8) is 0 Å². The van der Waals surface area contributed by atoms with Gasteiger partial charge in [-0.05, 0) is 38.5 Å². The molecule has 0 amide bonds. The SMILES string of the molecule is CCCCCCCCCC/C=C\CCCCCCCCCCCCCCOCC(COP(=O)(O)OC1C(O)C(O)C(O)C(O)C1O)OC(=O)CCCCCCCCCCC. The molecule has 12 nitrogen and oxygen atoms in total. The molecule has 0 aromatic rings. The van der Waals surface area contributed by atoms with Gasteiger partial charge >= 0.3 is 13.8 Å². The minimum absolute atomic E-state index is 0.0716. The third-order valence-corrected chi connectivity index (χ3v) is 12.6. The molecule has 1 rings (SSSR count). The number of phosphoric acid groups is 1. The molecule has 1 aliphatic carbocycles. The van der Waals surface area contributed by atoms with Crippen LogP contribution in [-0.2, 0) is 27.9 Å². The highest BCUT2D eigenvalue weighted by Gasteiger charge is 2.51. The molecule has 6 N–H and O–H groups in total. The Kier molecular flexibility index (Phi) is 36.7. The van der Waals surface area contributed by atoms with Gasteiger partial charge in [-0.1, -0.05) is 187 Å². The maximum absolute atomic E-state index is 12.8. The van der Waals surface area contributed by atoms with Crippen molar-refractivity contribution in [1.82, 2.24) is 0 Å². The molecule has 6 atom stereocenters. The van der Waals surface area contributed by atoms with Crippen molar-refractivity contribution in [1.29, 1.82) is 0 Å². The fourth-order valence-corrected chi connectivity index (χ4v) is 8.68. The second kappa shape index (κ2) is 38.5. The molecule has 0 heterocycles. The Morgan fingerprint density at radius 2 is 0.883 bits per heavy atom. The van der Waals surface area contributed by atoms with E-state index >= 15 is 0 Å². The molecule has 0 aromatic heterocycles. The minimum Gasteiger partial charge on any atom is -0.457 e. The number of carbonyl (C=O) groups is 1. The molecular weight excluding hydrogens is 787 g/mol. The van der Waals surface area contributed by atoms with Gasteiger partial charge in [0, 0.05) is 13.0 Å². The first-order valence-electron chi connectivity index (χ1n) is 24.5. The monoisotopic (exact) mass is 879 g/mol. The lowest BCUT2D eigenvalue weighted by Crippen LogP contribution is -2.64. The zero-order valence-electron chi connectivity index (χ0n) is 38.0. The van der Waals surface area contributed by atoms with Crippen molar-refractivity contribution in [2.24, 2.45) is 0 Å². The Bertz CT molecular complexity index is 1050. The topological polar surface area (TPSA) is 192 Å². The van der Waals surface area contributed by atoms with Crippen molar-refractivity contribution in [3.8, 4) is 0 Å². The summed E-state index contributed by atoms with van der Waals surface area (Å²) in [7, 11) is -5.01. The summed E-state index contributed by atoms with van der Waals surface area (Å²) in [6.07, 6.45) is 30.2. The first-order valence-corrected chi connectivity index (χ1v) is 26.0. The van der Waals surface area contributed by atoms with Gasteiger partial charge in [-0.2, -0.15) is 0 Å². The smallest absolute Gasteiger partial charge is 0.457 e. The molecule has 60 heavy (non-hydrogen) atoms. The molecule has 1 fully saturated rings. The second-order valence-electron chi connectivity index (χ2n) is 17.3. The summed E-state index contributed by atoms with van der Waals surface area (Å²) in [6.45, 7) is 4.25. The van der Waals surface area contributed by atoms with E-state index in [1.165, 1.54) is 154 Å². The highest BCUT2D eigenvalue weighted by atomic mass is 31.2. The maximum Gasteiger partial charge on any atom is 0.472 e. The molecule has 0 aliphatic heterocycles. The van der Waals surface area contributed by atoms with E-state index in [9.17, 15) is 39.8 Å². The number of ether oxygens (including phenoxy) is 2. The van der Waals surface area contributed by atoms with Crippen LogP contribution in [0.2, 0.25) is 0 Å². The predicted octanol–water partition coefficient (Wildman–Crippen LogP) is 10.3. The molecule has 6 unspecified atom stereocenters. The summed E-state index contributed by atoms with van der Waals surface area (Å²) >= 11 is 0. The Balaban J connectivity index is 2.25. The highest BCUT2D eigenvalue weighted by molar-refractivity contribution is 7.47. The number of hydrogen-bond donors (Lipinski definition) is 6. The lowest BCUT2D eigenvalue weighted by atomic mass is 9.85. The molecule has 1 aliphatic rings. The first-order chi connectivity index (χ1) is 29.0. The van der Waals surface area contributed by atoms with Crippen molar-refractivity contribution in [3.05, 3.63) is 12.2 Å². The minimum atomic E-state index is -5.01. The molecule has 356 valence electrons. The van der Waals surface area contributed by atoms with E-state index in [-0.39, 0.29) is 13.0 Å². The average molecular weight is 879 g/mol. The van der Waals surface area contributed by atoms with Gasteiger partial charge in [0.1, 0.15) is 42.7 Å². The van der Waals surface area contributed by atoms with E-state index in [0.29, 0.717) is 13.0 Å². The van der Waals surface area contributed by atoms with Gasteiger partial charge in [0.2, 0.25) is 0 Å². The third kappa shape index (κ3) is 30.2. The summed E-state index contributed by atoms with van der Waals surface area (Å²) in [5.41, 5.74) is 0.